The third kappa shape index (κ3) is 12.2. The molecule has 13 heteroatoms. The molecule has 268 valence electrons. The molecular weight excluding hydrogens is 673 g/mol. The van der Waals surface area contributed by atoms with Crippen molar-refractivity contribution in [1.82, 2.24) is 30.8 Å². The lowest BCUT2D eigenvalue weighted by Gasteiger charge is -2.30. The van der Waals surface area contributed by atoms with Gasteiger partial charge >= 0.3 is 12.1 Å². The summed E-state index contributed by atoms with van der Waals surface area (Å²) in [5, 5.41) is 25.3. The second-order valence-electron chi connectivity index (χ2n) is 13.1. The van der Waals surface area contributed by atoms with Crippen molar-refractivity contribution in [3.05, 3.63) is 104 Å². The van der Waals surface area contributed by atoms with Gasteiger partial charge in [-0.1, -0.05) is 88.4 Å². The lowest BCUT2D eigenvalue weighted by atomic mass is 9.93. The Morgan fingerprint density at radius 1 is 0.880 bits per heavy atom. The Labute approximate surface area is 302 Å². The maximum atomic E-state index is 13.9. The number of aliphatic hydroxyl groups excluding tert-OH is 1. The average molecular weight is 721 g/mol. The summed E-state index contributed by atoms with van der Waals surface area (Å²) < 4.78 is 5.40. The molecule has 50 heavy (non-hydrogen) atoms. The highest BCUT2D eigenvalue weighted by atomic mass is 32.1. The second-order valence-corrected chi connectivity index (χ2v) is 14.7. The highest BCUT2D eigenvalue weighted by Gasteiger charge is 2.31. The van der Waals surface area contributed by atoms with E-state index in [0.717, 1.165) is 21.8 Å². The molecule has 0 saturated carbocycles. The molecule has 0 saturated heterocycles. The number of hydrogen-bond acceptors (Lipinski definition) is 9. The summed E-state index contributed by atoms with van der Waals surface area (Å²) in [5.41, 5.74) is 4.98. The summed E-state index contributed by atoms with van der Waals surface area (Å²) in [4.78, 5) is 50.3. The number of carbonyl (C=O) groups is 3. The lowest BCUT2D eigenvalue weighted by Crippen LogP contribution is -2.55. The average Bonchev–Trinajstić information content (AvgIpc) is 3.79. The van der Waals surface area contributed by atoms with Crippen LogP contribution in [0.4, 0.5) is 9.59 Å². The number of hydrogen-bond donors (Lipinski definition) is 4. The van der Waals surface area contributed by atoms with E-state index < -0.39 is 30.3 Å². The number of aromatic nitrogens is 2. The van der Waals surface area contributed by atoms with Gasteiger partial charge in [-0.15, -0.1) is 22.7 Å². The summed E-state index contributed by atoms with van der Waals surface area (Å²) >= 11 is 2.98. The summed E-state index contributed by atoms with van der Waals surface area (Å²) in [6.45, 7) is 8.22. The number of urea groups is 1. The van der Waals surface area contributed by atoms with Crippen molar-refractivity contribution in [2.75, 3.05) is 7.05 Å². The number of thiazole rings is 2. The van der Waals surface area contributed by atoms with Crippen LogP contribution in [-0.2, 0) is 35.5 Å². The standard InChI is InChI=1S/C37H48N6O5S2/c1-24(2)33(42-36(46)43(5)19-29-22-50-35(40-29)25(3)4)34(45)39-28(16-26-12-8-6-9-13-26)18-32(44)31(17-27-14-10-7-11-15-27)41-37(47)48-20-30-21-49-23-38-30/h6-15,21-25,28,31-33,44H,16-20H2,1-5H3,(H,39,45)(H,41,47)(H,42,46)/t28-,31-,32-,33-/m0/s1. The summed E-state index contributed by atoms with van der Waals surface area (Å²) in [5.74, 6) is -0.279. The molecule has 2 aromatic carbocycles. The SMILES string of the molecule is CC(C)c1nc(CN(C)C(=O)N[C@H](C(=O)N[C@@H](Cc2ccccc2)C[C@H](O)[C@H](Cc2ccccc2)NC(=O)OCc2cscn2)C(C)C)cs1. The van der Waals surface area contributed by atoms with Crippen molar-refractivity contribution in [3.63, 3.8) is 0 Å². The minimum Gasteiger partial charge on any atom is -0.443 e. The van der Waals surface area contributed by atoms with Crippen LogP contribution in [0.1, 0.15) is 67.6 Å². The van der Waals surface area contributed by atoms with E-state index >= 15 is 0 Å². The van der Waals surface area contributed by atoms with Gasteiger partial charge in [-0.05, 0) is 36.3 Å². The molecular formula is C37H48N6O5S2. The number of ether oxygens (including phenoxy) is 1. The number of carbonyl (C=O) groups excluding carboxylic acids is 3. The van der Waals surface area contributed by atoms with Gasteiger partial charge in [0.25, 0.3) is 0 Å². The molecule has 0 unspecified atom stereocenters. The predicted molar refractivity (Wildman–Crippen MR) is 197 cm³/mol. The number of nitrogens with one attached hydrogen (secondary N) is 3. The first kappa shape index (κ1) is 38.5. The zero-order valence-corrected chi connectivity index (χ0v) is 30.9. The maximum Gasteiger partial charge on any atom is 0.407 e. The Hall–Kier alpha value is -4.33. The Kier molecular flexibility index (Phi) is 14.7. The molecule has 4 aromatic rings. The molecule has 0 fully saturated rings. The van der Waals surface area contributed by atoms with E-state index in [1.54, 1.807) is 29.3 Å². The molecule has 4 rings (SSSR count). The molecule has 0 spiro atoms. The van der Waals surface area contributed by atoms with Gasteiger partial charge in [0.1, 0.15) is 12.6 Å². The molecule has 2 aromatic heterocycles. The molecule has 0 aliphatic rings. The van der Waals surface area contributed by atoms with Crippen molar-refractivity contribution in [2.24, 2.45) is 5.92 Å². The normalized spacial score (nSPS) is 13.7. The van der Waals surface area contributed by atoms with Gasteiger partial charge < -0.3 is 30.7 Å². The van der Waals surface area contributed by atoms with Crippen LogP contribution in [0.25, 0.3) is 0 Å². The van der Waals surface area contributed by atoms with Gasteiger partial charge in [-0.3, -0.25) is 4.79 Å². The monoisotopic (exact) mass is 720 g/mol. The summed E-state index contributed by atoms with van der Waals surface area (Å²) in [6, 6.07) is 16.8. The van der Waals surface area contributed by atoms with Gasteiger partial charge in [0.15, 0.2) is 0 Å². The first-order valence-electron chi connectivity index (χ1n) is 16.8. The van der Waals surface area contributed by atoms with Crippen molar-refractivity contribution in [3.8, 4) is 0 Å². The first-order chi connectivity index (χ1) is 24.0. The maximum absolute atomic E-state index is 13.9. The topological polar surface area (TPSA) is 146 Å². The molecule has 0 aliphatic carbocycles. The lowest BCUT2D eigenvalue weighted by molar-refractivity contribution is -0.124. The van der Waals surface area contributed by atoms with Crippen LogP contribution in [0.5, 0.6) is 0 Å². The van der Waals surface area contributed by atoms with Gasteiger partial charge in [0, 0.05) is 29.8 Å². The van der Waals surface area contributed by atoms with E-state index in [0.29, 0.717) is 31.0 Å². The number of benzene rings is 2. The van der Waals surface area contributed by atoms with E-state index in [1.807, 2.05) is 79.9 Å². The smallest absolute Gasteiger partial charge is 0.407 e. The van der Waals surface area contributed by atoms with Gasteiger partial charge in [0.05, 0.1) is 40.6 Å². The van der Waals surface area contributed by atoms with E-state index in [1.165, 1.54) is 16.2 Å². The van der Waals surface area contributed by atoms with Gasteiger partial charge in [0.2, 0.25) is 5.91 Å². The Morgan fingerprint density at radius 2 is 1.54 bits per heavy atom. The Morgan fingerprint density at radius 3 is 2.12 bits per heavy atom. The van der Waals surface area contributed by atoms with Crippen LogP contribution in [0.15, 0.2) is 76.9 Å². The van der Waals surface area contributed by atoms with Crippen LogP contribution in [-0.4, -0.2) is 69.3 Å². The Bertz CT molecular complexity index is 1620. The van der Waals surface area contributed by atoms with E-state index in [-0.39, 0.29) is 30.9 Å². The predicted octanol–water partition coefficient (Wildman–Crippen LogP) is 5.91. The fourth-order valence-corrected chi connectivity index (χ4v) is 6.75. The molecule has 0 aliphatic heterocycles. The fraction of sp³-hybridized carbons (Fsp3) is 0.432. The first-order valence-corrected chi connectivity index (χ1v) is 18.6. The Balaban J connectivity index is 1.46. The highest BCUT2D eigenvalue weighted by molar-refractivity contribution is 7.09. The number of rotatable bonds is 17. The van der Waals surface area contributed by atoms with Crippen molar-refractivity contribution >= 4 is 40.7 Å². The number of alkyl carbamates (subject to hydrolysis) is 1. The van der Waals surface area contributed by atoms with Gasteiger partial charge in [-0.2, -0.15) is 0 Å². The zero-order valence-electron chi connectivity index (χ0n) is 29.2. The van der Waals surface area contributed by atoms with E-state index in [4.69, 9.17) is 4.74 Å². The minimum absolute atomic E-state index is 0.0103. The van der Waals surface area contributed by atoms with E-state index in [2.05, 4.69) is 39.8 Å². The molecule has 2 heterocycles. The van der Waals surface area contributed by atoms with Gasteiger partial charge in [-0.25, -0.2) is 19.6 Å². The minimum atomic E-state index is -1.05. The van der Waals surface area contributed by atoms with Crippen LogP contribution in [0, 0.1) is 5.92 Å². The third-order valence-corrected chi connectivity index (χ3v) is 9.96. The van der Waals surface area contributed by atoms with Crippen molar-refractivity contribution in [1.29, 1.82) is 0 Å². The van der Waals surface area contributed by atoms with Crippen LogP contribution >= 0.6 is 22.7 Å². The molecule has 11 nitrogen and oxygen atoms in total. The van der Waals surface area contributed by atoms with Crippen LogP contribution < -0.4 is 16.0 Å². The van der Waals surface area contributed by atoms with Crippen molar-refractivity contribution < 1.29 is 24.2 Å². The molecule has 4 N–H and O–H groups in total. The van der Waals surface area contributed by atoms with Crippen molar-refractivity contribution in [2.45, 2.75) is 90.3 Å². The highest BCUT2D eigenvalue weighted by Crippen LogP contribution is 2.20. The fourth-order valence-electron chi connectivity index (χ4n) is 5.38. The third-order valence-electron chi connectivity index (χ3n) is 8.14. The number of aliphatic hydroxyl groups is 1. The quantitative estimate of drug-likeness (QED) is 0.106. The zero-order chi connectivity index (χ0) is 36.0. The number of amides is 4. The molecule has 0 bridgehead atoms. The van der Waals surface area contributed by atoms with Crippen LogP contribution in [0.2, 0.25) is 0 Å². The summed E-state index contributed by atoms with van der Waals surface area (Å²) in [7, 11) is 1.68. The molecule has 0 radical (unpaired) electrons. The second kappa shape index (κ2) is 19.2. The summed E-state index contributed by atoms with van der Waals surface area (Å²) in [6.07, 6.45) is -0.828. The largest absolute Gasteiger partial charge is 0.443 e. The molecule has 4 amide bonds. The molecule has 4 atom stereocenters. The van der Waals surface area contributed by atoms with Crippen LogP contribution in [0.3, 0.4) is 0 Å². The van der Waals surface area contributed by atoms with E-state index in [9.17, 15) is 19.5 Å². The number of nitrogens with zero attached hydrogens (tertiary/aromatic N) is 3.